The Morgan fingerprint density at radius 1 is 1.27 bits per heavy atom. The zero-order valence-electron chi connectivity index (χ0n) is 13.1. The predicted molar refractivity (Wildman–Crippen MR) is 80.7 cm³/mol. The lowest BCUT2D eigenvalue weighted by Gasteiger charge is -2.35. The summed E-state index contributed by atoms with van der Waals surface area (Å²) in [5.41, 5.74) is 0. The average molecular weight is 311 g/mol. The Kier molecular flexibility index (Phi) is 5.75. The van der Waals surface area contributed by atoms with Crippen LogP contribution in [-0.4, -0.2) is 29.5 Å². The largest absolute Gasteiger partial charge is 0.481 e. The Labute approximate surface area is 130 Å². The van der Waals surface area contributed by atoms with Gasteiger partial charge in [0.15, 0.2) is 17.7 Å². The fourth-order valence-electron chi connectivity index (χ4n) is 3.02. The molecule has 1 aliphatic carbocycles. The van der Waals surface area contributed by atoms with Gasteiger partial charge in [0.1, 0.15) is 5.75 Å². The lowest BCUT2D eigenvalue weighted by Crippen LogP contribution is -2.47. The number of halogens is 2. The first-order chi connectivity index (χ1) is 10.5. The van der Waals surface area contributed by atoms with E-state index in [1.54, 1.807) is 6.92 Å². The first-order valence-electron chi connectivity index (χ1n) is 7.95. The van der Waals surface area contributed by atoms with E-state index in [1.165, 1.54) is 12.5 Å². The second-order valence-corrected chi connectivity index (χ2v) is 5.75. The van der Waals surface area contributed by atoms with E-state index in [1.807, 2.05) is 11.8 Å². The molecule has 1 aromatic rings. The van der Waals surface area contributed by atoms with Gasteiger partial charge in [0, 0.05) is 18.7 Å². The summed E-state index contributed by atoms with van der Waals surface area (Å²) in [6, 6.07) is 3.57. The minimum Gasteiger partial charge on any atom is -0.481 e. The fourth-order valence-corrected chi connectivity index (χ4v) is 3.02. The molecule has 0 heterocycles. The standard InChI is InChI=1S/C17H23F2NO2/c1-3-20(13-7-5-4-6-8-13)17(21)12(2)22-14-9-10-15(18)16(19)11-14/h9-13H,3-8H2,1-2H3. The minimum atomic E-state index is -0.975. The number of likely N-dealkylation sites (N-methyl/N-ethyl adjacent to an activating group) is 1. The molecule has 1 saturated carbocycles. The molecule has 0 saturated heterocycles. The molecule has 3 nitrogen and oxygen atoms in total. The van der Waals surface area contributed by atoms with Crippen molar-refractivity contribution in [1.29, 1.82) is 0 Å². The first kappa shape index (κ1) is 16.7. The molecule has 1 aromatic carbocycles. The molecule has 1 amide bonds. The minimum absolute atomic E-state index is 0.0980. The normalized spacial score (nSPS) is 17.1. The summed E-state index contributed by atoms with van der Waals surface area (Å²) >= 11 is 0. The van der Waals surface area contributed by atoms with Crippen LogP contribution in [-0.2, 0) is 4.79 Å². The second-order valence-electron chi connectivity index (χ2n) is 5.75. The van der Waals surface area contributed by atoms with Crippen LogP contribution in [0.4, 0.5) is 8.78 Å². The Morgan fingerprint density at radius 3 is 2.55 bits per heavy atom. The van der Waals surface area contributed by atoms with Gasteiger partial charge in [-0.15, -0.1) is 0 Å². The van der Waals surface area contributed by atoms with Crippen molar-refractivity contribution in [1.82, 2.24) is 4.90 Å². The molecule has 2 rings (SSSR count). The van der Waals surface area contributed by atoms with Gasteiger partial charge >= 0.3 is 0 Å². The van der Waals surface area contributed by atoms with E-state index in [0.717, 1.165) is 37.8 Å². The number of ether oxygens (including phenoxy) is 1. The highest BCUT2D eigenvalue weighted by Crippen LogP contribution is 2.24. The van der Waals surface area contributed by atoms with Crippen LogP contribution < -0.4 is 4.74 Å². The number of hydrogen-bond acceptors (Lipinski definition) is 2. The molecule has 1 aliphatic rings. The maximum Gasteiger partial charge on any atom is 0.263 e. The van der Waals surface area contributed by atoms with Gasteiger partial charge in [-0.25, -0.2) is 8.78 Å². The van der Waals surface area contributed by atoms with Crippen molar-refractivity contribution in [2.75, 3.05) is 6.54 Å². The monoisotopic (exact) mass is 311 g/mol. The van der Waals surface area contributed by atoms with Crippen LogP contribution in [0.25, 0.3) is 0 Å². The van der Waals surface area contributed by atoms with Crippen molar-refractivity contribution in [3.8, 4) is 5.75 Å². The summed E-state index contributed by atoms with van der Waals surface area (Å²) in [6.07, 6.45) is 4.85. The topological polar surface area (TPSA) is 29.5 Å². The van der Waals surface area contributed by atoms with E-state index in [0.29, 0.717) is 6.54 Å². The van der Waals surface area contributed by atoms with Crippen LogP contribution in [0.3, 0.4) is 0 Å². The molecule has 0 aliphatic heterocycles. The Balaban J connectivity index is 2.01. The summed E-state index contributed by atoms with van der Waals surface area (Å²) in [7, 11) is 0. The van der Waals surface area contributed by atoms with Crippen LogP contribution in [0.2, 0.25) is 0 Å². The lowest BCUT2D eigenvalue weighted by molar-refractivity contribution is -0.140. The number of hydrogen-bond donors (Lipinski definition) is 0. The quantitative estimate of drug-likeness (QED) is 0.825. The maximum absolute atomic E-state index is 13.2. The molecule has 0 bridgehead atoms. The van der Waals surface area contributed by atoms with Gasteiger partial charge in [0.25, 0.3) is 5.91 Å². The highest BCUT2D eigenvalue weighted by molar-refractivity contribution is 5.81. The van der Waals surface area contributed by atoms with Crippen molar-refractivity contribution in [2.24, 2.45) is 0 Å². The molecule has 0 N–H and O–H groups in total. The number of rotatable bonds is 5. The zero-order chi connectivity index (χ0) is 16.1. The molecule has 5 heteroatoms. The van der Waals surface area contributed by atoms with Crippen molar-refractivity contribution in [2.45, 2.75) is 58.1 Å². The Bertz CT molecular complexity index is 515. The third-order valence-corrected chi connectivity index (χ3v) is 4.19. The molecule has 1 unspecified atom stereocenters. The zero-order valence-corrected chi connectivity index (χ0v) is 13.1. The Morgan fingerprint density at radius 2 is 1.95 bits per heavy atom. The summed E-state index contributed by atoms with van der Waals surface area (Å²) < 4.78 is 31.6. The first-order valence-corrected chi connectivity index (χ1v) is 7.95. The van der Waals surface area contributed by atoms with Crippen LogP contribution in [0.5, 0.6) is 5.75 Å². The highest BCUT2D eigenvalue weighted by Gasteiger charge is 2.28. The molecular weight excluding hydrogens is 288 g/mol. The lowest BCUT2D eigenvalue weighted by atomic mass is 9.94. The van der Waals surface area contributed by atoms with Crippen LogP contribution in [0, 0.1) is 11.6 Å². The van der Waals surface area contributed by atoms with Gasteiger partial charge in [-0.05, 0) is 38.8 Å². The maximum atomic E-state index is 13.2. The third-order valence-electron chi connectivity index (χ3n) is 4.19. The number of carbonyl (C=O) groups is 1. The molecule has 0 aromatic heterocycles. The molecule has 122 valence electrons. The van der Waals surface area contributed by atoms with E-state index < -0.39 is 17.7 Å². The highest BCUT2D eigenvalue weighted by atomic mass is 19.2. The summed E-state index contributed by atoms with van der Waals surface area (Å²) in [5, 5.41) is 0. The van der Waals surface area contributed by atoms with Crippen molar-refractivity contribution in [3.63, 3.8) is 0 Å². The predicted octanol–water partition coefficient (Wildman–Crippen LogP) is 3.91. The molecule has 1 fully saturated rings. The third kappa shape index (κ3) is 3.96. The van der Waals surface area contributed by atoms with Gasteiger partial charge in [-0.3, -0.25) is 4.79 Å². The Hall–Kier alpha value is -1.65. The number of carbonyl (C=O) groups excluding carboxylic acids is 1. The van der Waals surface area contributed by atoms with Crippen LogP contribution in [0.1, 0.15) is 46.0 Å². The van der Waals surface area contributed by atoms with Crippen LogP contribution >= 0.6 is 0 Å². The molecule has 1 atom stereocenters. The van der Waals surface area contributed by atoms with Gasteiger partial charge < -0.3 is 9.64 Å². The number of nitrogens with zero attached hydrogens (tertiary/aromatic N) is 1. The van der Waals surface area contributed by atoms with Crippen molar-refractivity contribution >= 4 is 5.91 Å². The van der Waals surface area contributed by atoms with E-state index >= 15 is 0 Å². The summed E-state index contributed by atoms with van der Waals surface area (Å²) in [4.78, 5) is 14.4. The van der Waals surface area contributed by atoms with Gasteiger partial charge in [0.2, 0.25) is 0 Å². The summed E-state index contributed by atoms with van der Waals surface area (Å²) in [5.74, 6) is -1.83. The summed E-state index contributed by atoms with van der Waals surface area (Å²) in [6.45, 7) is 4.24. The molecular formula is C17H23F2NO2. The van der Waals surface area contributed by atoms with Gasteiger partial charge in [0.05, 0.1) is 0 Å². The smallest absolute Gasteiger partial charge is 0.263 e. The van der Waals surface area contributed by atoms with Gasteiger partial charge in [-0.1, -0.05) is 19.3 Å². The number of amides is 1. The SMILES string of the molecule is CCN(C(=O)C(C)Oc1ccc(F)c(F)c1)C1CCCCC1. The van der Waals surface area contributed by atoms with E-state index in [4.69, 9.17) is 4.74 Å². The van der Waals surface area contributed by atoms with Gasteiger partial charge in [-0.2, -0.15) is 0 Å². The van der Waals surface area contributed by atoms with Crippen molar-refractivity contribution < 1.29 is 18.3 Å². The number of benzene rings is 1. The molecule has 0 radical (unpaired) electrons. The van der Waals surface area contributed by atoms with Crippen LogP contribution in [0.15, 0.2) is 18.2 Å². The molecule has 0 spiro atoms. The van der Waals surface area contributed by atoms with E-state index in [-0.39, 0.29) is 17.7 Å². The van der Waals surface area contributed by atoms with Crippen molar-refractivity contribution in [3.05, 3.63) is 29.8 Å². The molecule has 22 heavy (non-hydrogen) atoms. The second kappa shape index (κ2) is 7.56. The van der Waals surface area contributed by atoms with E-state index in [9.17, 15) is 13.6 Å². The fraction of sp³-hybridized carbons (Fsp3) is 0.588. The average Bonchev–Trinajstić information content (AvgIpc) is 2.52. The van der Waals surface area contributed by atoms with E-state index in [2.05, 4.69) is 0 Å².